The highest BCUT2D eigenvalue weighted by Gasteiger charge is 2.19. The molecule has 4 nitrogen and oxygen atoms in total. The fourth-order valence-corrected chi connectivity index (χ4v) is 2.59. The van der Waals surface area contributed by atoms with E-state index in [9.17, 15) is 0 Å². The van der Waals surface area contributed by atoms with Gasteiger partial charge in [-0.15, -0.1) is 0 Å². The summed E-state index contributed by atoms with van der Waals surface area (Å²) in [6, 6.07) is 8.41. The predicted molar refractivity (Wildman–Crippen MR) is 85.7 cm³/mol. The summed E-state index contributed by atoms with van der Waals surface area (Å²) < 4.78 is 7.26. The maximum absolute atomic E-state index is 5.36. The second-order valence-electron chi connectivity index (χ2n) is 5.22. The SMILES string of the molecule is CCCNC(c1cccc(OC)c1)c1cn(C)nc1CC. The van der Waals surface area contributed by atoms with Gasteiger partial charge in [0.1, 0.15) is 5.75 Å². The molecule has 21 heavy (non-hydrogen) atoms. The lowest BCUT2D eigenvalue weighted by Gasteiger charge is -2.19. The van der Waals surface area contributed by atoms with E-state index in [1.807, 2.05) is 23.9 Å². The lowest BCUT2D eigenvalue weighted by atomic mass is 9.98. The molecule has 1 atom stereocenters. The zero-order valence-corrected chi connectivity index (χ0v) is 13.4. The summed E-state index contributed by atoms with van der Waals surface area (Å²) in [5.41, 5.74) is 3.61. The number of benzene rings is 1. The van der Waals surface area contributed by atoms with Crippen LogP contribution in [0.25, 0.3) is 0 Å². The van der Waals surface area contributed by atoms with Crippen LogP contribution in [0.5, 0.6) is 5.75 Å². The molecule has 2 aromatic rings. The standard InChI is InChI=1S/C17H25N3O/c1-5-10-18-17(13-8-7-9-14(11-13)21-4)15-12-20(3)19-16(15)6-2/h7-9,11-12,17-18H,5-6,10H2,1-4H3. The Morgan fingerprint density at radius 1 is 1.33 bits per heavy atom. The molecule has 1 aromatic heterocycles. The minimum absolute atomic E-state index is 0.156. The van der Waals surface area contributed by atoms with Gasteiger partial charge in [0.25, 0.3) is 0 Å². The summed E-state index contributed by atoms with van der Waals surface area (Å²) in [4.78, 5) is 0. The van der Waals surface area contributed by atoms with Crippen LogP contribution in [-0.2, 0) is 13.5 Å². The lowest BCUT2D eigenvalue weighted by molar-refractivity contribution is 0.413. The molecule has 0 fully saturated rings. The van der Waals surface area contributed by atoms with Crippen molar-refractivity contribution >= 4 is 0 Å². The Morgan fingerprint density at radius 2 is 2.14 bits per heavy atom. The van der Waals surface area contributed by atoms with Crippen LogP contribution in [0.2, 0.25) is 0 Å². The number of methoxy groups -OCH3 is 1. The average Bonchev–Trinajstić information content (AvgIpc) is 2.89. The zero-order valence-electron chi connectivity index (χ0n) is 13.4. The predicted octanol–water partition coefficient (Wildman–Crippen LogP) is 3.08. The molecule has 1 aromatic carbocycles. The van der Waals surface area contributed by atoms with Gasteiger partial charge in [0.2, 0.25) is 0 Å². The van der Waals surface area contributed by atoms with Gasteiger partial charge < -0.3 is 10.1 Å². The molecule has 0 aliphatic carbocycles. The zero-order chi connectivity index (χ0) is 15.2. The quantitative estimate of drug-likeness (QED) is 0.850. The van der Waals surface area contributed by atoms with Gasteiger partial charge >= 0.3 is 0 Å². The van der Waals surface area contributed by atoms with E-state index in [0.717, 1.165) is 30.8 Å². The highest BCUT2D eigenvalue weighted by atomic mass is 16.5. The molecule has 0 saturated heterocycles. The molecule has 0 saturated carbocycles. The largest absolute Gasteiger partial charge is 0.497 e. The molecule has 1 N–H and O–H groups in total. The first-order valence-corrected chi connectivity index (χ1v) is 7.59. The Labute approximate surface area is 127 Å². The summed E-state index contributed by atoms with van der Waals surface area (Å²) in [6.45, 7) is 5.30. The molecule has 1 unspecified atom stereocenters. The van der Waals surface area contributed by atoms with Gasteiger partial charge in [0.05, 0.1) is 18.8 Å². The minimum atomic E-state index is 0.156. The van der Waals surface area contributed by atoms with Crippen LogP contribution in [0.15, 0.2) is 30.5 Å². The summed E-state index contributed by atoms with van der Waals surface area (Å²) in [7, 11) is 3.68. The Morgan fingerprint density at radius 3 is 2.81 bits per heavy atom. The molecular weight excluding hydrogens is 262 g/mol. The van der Waals surface area contributed by atoms with Crippen LogP contribution < -0.4 is 10.1 Å². The van der Waals surface area contributed by atoms with Crippen LogP contribution in [0, 0.1) is 0 Å². The number of hydrogen-bond acceptors (Lipinski definition) is 3. The van der Waals surface area contributed by atoms with Gasteiger partial charge in [0.15, 0.2) is 0 Å². The van der Waals surface area contributed by atoms with Crippen molar-refractivity contribution in [1.82, 2.24) is 15.1 Å². The molecule has 0 bridgehead atoms. The Bertz CT molecular complexity index is 577. The number of nitrogens with zero attached hydrogens (tertiary/aromatic N) is 2. The van der Waals surface area contributed by atoms with Crippen molar-refractivity contribution in [2.45, 2.75) is 32.7 Å². The summed E-state index contributed by atoms with van der Waals surface area (Å²) >= 11 is 0. The second-order valence-corrected chi connectivity index (χ2v) is 5.22. The van der Waals surface area contributed by atoms with Crippen LogP contribution in [0.4, 0.5) is 0 Å². The summed E-state index contributed by atoms with van der Waals surface area (Å²) in [5.74, 6) is 0.887. The van der Waals surface area contributed by atoms with Crippen LogP contribution in [0.1, 0.15) is 43.1 Å². The number of nitrogens with one attached hydrogen (secondary N) is 1. The van der Waals surface area contributed by atoms with E-state index in [4.69, 9.17) is 4.74 Å². The first-order chi connectivity index (χ1) is 10.2. The smallest absolute Gasteiger partial charge is 0.119 e. The van der Waals surface area contributed by atoms with Crippen molar-refractivity contribution in [3.05, 3.63) is 47.3 Å². The van der Waals surface area contributed by atoms with Crippen molar-refractivity contribution in [2.24, 2.45) is 7.05 Å². The highest BCUT2D eigenvalue weighted by molar-refractivity contribution is 5.37. The van der Waals surface area contributed by atoms with Crippen LogP contribution >= 0.6 is 0 Å². The molecule has 0 amide bonds. The third kappa shape index (κ3) is 3.64. The van der Waals surface area contributed by atoms with Gasteiger partial charge in [-0.25, -0.2) is 0 Å². The van der Waals surface area contributed by atoms with E-state index in [1.54, 1.807) is 7.11 Å². The molecule has 1 heterocycles. The minimum Gasteiger partial charge on any atom is -0.497 e. The lowest BCUT2D eigenvalue weighted by Crippen LogP contribution is -2.23. The summed E-state index contributed by atoms with van der Waals surface area (Å²) in [5, 5.41) is 8.20. The fraction of sp³-hybridized carbons (Fsp3) is 0.471. The van der Waals surface area contributed by atoms with E-state index in [2.05, 4.69) is 42.6 Å². The van der Waals surface area contributed by atoms with E-state index in [0.29, 0.717) is 0 Å². The molecule has 0 radical (unpaired) electrons. The maximum Gasteiger partial charge on any atom is 0.119 e. The third-order valence-electron chi connectivity index (χ3n) is 3.61. The molecule has 0 spiro atoms. The number of ether oxygens (including phenoxy) is 1. The van der Waals surface area contributed by atoms with Gasteiger partial charge in [0, 0.05) is 18.8 Å². The molecular formula is C17H25N3O. The van der Waals surface area contributed by atoms with Crippen molar-refractivity contribution in [3.63, 3.8) is 0 Å². The first-order valence-electron chi connectivity index (χ1n) is 7.59. The Hall–Kier alpha value is -1.81. The Balaban J connectivity index is 2.41. The molecule has 0 aliphatic rings. The molecule has 4 heteroatoms. The van der Waals surface area contributed by atoms with E-state index in [1.165, 1.54) is 11.1 Å². The average molecular weight is 287 g/mol. The van der Waals surface area contributed by atoms with Crippen LogP contribution in [0.3, 0.4) is 0 Å². The Kier molecular flexibility index (Phi) is 5.39. The van der Waals surface area contributed by atoms with Crippen molar-refractivity contribution < 1.29 is 4.74 Å². The normalized spacial score (nSPS) is 12.4. The van der Waals surface area contributed by atoms with Crippen molar-refractivity contribution in [3.8, 4) is 5.75 Å². The van der Waals surface area contributed by atoms with Gasteiger partial charge in [-0.1, -0.05) is 26.0 Å². The maximum atomic E-state index is 5.36. The van der Waals surface area contributed by atoms with E-state index in [-0.39, 0.29) is 6.04 Å². The van der Waals surface area contributed by atoms with Crippen LogP contribution in [-0.4, -0.2) is 23.4 Å². The van der Waals surface area contributed by atoms with Crippen molar-refractivity contribution in [1.29, 1.82) is 0 Å². The topological polar surface area (TPSA) is 39.1 Å². The molecule has 2 rings (SSSR count). The fourth-order valence-electron chi connectivity index (χ4n) is 2.59. The van der Waals surface area contributed by atoms with E-state index < -0.39 is 0 Å². The first kappa shape index (κ1) is 15.6. The van der Waals surface area contributed by atoms with Crippen molar-refractivity contribution in [2.75, 3.05) is 13.7 Å². The number of aryl methyl sites for hydroxylation is 2. The number of hydrogen-bond donors (Lipinski definition) is 1. The second kappa shape index (κ2) is 7.27. The number of rotatable bonds is 7. The van der Waals surface area contributed by atoms with Gasteiger partial charge in [-0.05, 0) is 37.1 Å². The highest BCUT2D eigenvalue weighted by Crippen LogP contribution is 2.27. The van der Waals surface area contributed by atoms with Gasteiger partial charge in [-0.3, -0.25) is 4.68 Å². The number of aromatic nitrogens is 2. The monoisotopic (exact) mass is 287 g/mol. The molecule has 0 aliphatic heterocycles. The third-order valence-corrected chi connectivity index (χ3v) is 3.61. The molecule has 114 valence electrons. The summed E-state index contributed by atoms with van der Waals surface area (Å²) in [6.07, 6.45) is 4.15. The van der Waals surface area contributed by atoms with Gasteiger partial charge in [-0.2, -0.15) is 5.10 Å². The van der Waals surface area contributed by atoms with E-state index >= 15 is 0 Å².